The zero-order valence-electron chi connectivity index (χ0n) is 9.73. The molecule has 2 unspecified atom stereocenters. The molecule has 5 heteroatoms. The Morgan fingerprint density at radius 1 is 1.53 bits per heavy atom. The number of nitrogens with zero attached hydrogens (tertiary/aromatic N) is 1. The molecule has 1 aromatic heterocycles. The largest absolute Gasteiger partial charge is 0.391 e. The molecule has 17 heavy (non-hydrogen) atoms. The fraction of sp³-hybridized carbons (Fsp3) is 0.583. The molecule has 0 spiro atoms. The topological polar surface area (TPSA) is 40.5 Å². The van der Waals surface area contributed by atoms with Gasteiger partial charge in [0.15, 0.2) is 0 Å². The maximum atomic E-state index is 12.2. The summed E-state index contributed by atoms with van der Waals surface area (Å²) in [4.78, 5) is 13.9. The van der Waals surface area contributed by atoms with E-state index in [2.05, 4.69) is 15.9 Å². The molecular formula is C12H16BrNO2S. The first-order valence-corrected chi connectivity index (χ1v) is 7.46. The quantitative estimate of drug-likeness (QED) is 0.911. The summed E-state index contributed by atoms with van der Waals surface area (Å²) >= 11 is 4.86. The van der Waals surface area contributed by atoms with Crippen LogP contribution in [0.3, 0.4) is 0 Å². The van der Waals surface area contributed by atoms with Crippen LogP contribution in [-0.2, 0) is 0 Å². The van der Waals surface area contributed by atoms with Crippen molar-refractivity contribution in [2.24, 2.45) is 0 Å². The molecule has 1 aromatic rings. The summed E-state index contributed by atoms with van der Waals surface area (Å²) in [5.41, 5.74) is 0.696. The van der Waals surface area contributed by atoms with E-state index in [0.29, 0.717) is 5.56 Å². The lowest BCUT2D eigenvalue weighted by Crippen LogP contribution is -2.46. The van der Waals surface area contributed by atoms with Crippen LogP contribution in [0.1, 0.15) is 36.0 Å². The molecule has 0 radical (unpaired) electrons. The molecule has 2 rings (SSSR count). The van der Waals surface area contributed by atoms with Gasteiger partial charge in [-0.1, -0.05) is 12.8 Å². The number of thiophene rings is 1. The van der Waals surface area contributed by atoms with Crippen LogP contribution in [0.15, 0.2) is 15.2 Å². The highest BCUT2D eigenvalue weighted by atomic mass is 79.9. The molecule has 0 aromatic carbocycles. The van der Waals surface area contributed by atoms with E-state index < -0.39 is 0 Å². The molecule has 94 valence electrons. The predicted molar refractivity (Wildman–Crippen MR) is 72.4 cm³/mol. The van der Waals surface area contributed by atoms with E-state index in [1.54, 1.807) is 11.9 Å². The van der Waals surface area contributed by atoms with Gasteiger partial charge < -0.3 is 10.0 Å². The van der Waals surface area contributed by atoms with Crippen molar-refractivity contribution >= 4 is 33.2 Å². The Labute approximate surface area is 114 Å². The fourth-order valence-corrected chi connectivity index (χ4v) is 3.45. The van der Waals surface area contributed by atoms with E-state index in [9.17, 15) is 9.90 Å². The Balaban J connectivity index is 2.08. The third-order valence-corrected chi connectivity index (χ3v) is 4.83. The van der Waals surface area contributed by atoms with Crippen LogP contribution in [0, 0.1) is 0 Å². The summed E-state index contributed by atoms with van der Waals surface area (Å²) in [6.07, 6.45) is 3.47. The van der Waals surface area contributed by atoms with Crippen molar-refractivity contribution in [3.8, 4) is 0 Å². The van der Waals surface area contributed by atoms with E-state index in [1.165, 1.54) is 11.3 Å². The van der Waals surface area contributed by atoms with Gasteiger partial charge >= 0.3 is 0 Å². The average molecular weight is 318 g/mol. The first-order chi connectivity index (χ1) is 8.09. The number of rotatable bonds is 2. The van der Waals surface area contributed by atoms with E-state index in [-0.39, 0.29) is 18.1 Å². The van der Waals surface area contributed by atoms with E-state index in [0.717, 1.165) is 29.5 Å². The van der Waals surface area contributed by atoms with Crippen LogP contribution in [0.25, 0.3) is 0 Å². The number of hydrogen-bond donors (Lipinski definition) is 1. The summed E-state index contributed by atoms with van der Waals surface area (Å²) in [6, 6.07) is 1.80. The third-order valence-electron chi connectivity index (χ3n) is 3.33. The monoisotopic (exact) mass is 317 g/mol. The van der Waals surface area contributed by atoms with Crippen LogP contribution in [0.4, 0.5) is 0 Å². The average Bonchev–Trinajstić information content (AvgIpc) is 2.75. The number of hydrogen-bond acceptors (Lipinski definition) is 3. The number of aliphatic hydroxyl groups excluding tert-OH is 1. The van der Waals surface area contributed by atoms with Crippen molar-refractivity contribution in [1.82, 2.24) is 4.90 Å². The van der Waals surface area contributed by atoms with Crippen molar-refractivity contribution in [3.63, 3.8) is 0 Å². The minimum Gasteiger partial charge on any atom is -0.391 e. The molecule has 0 bridgehead atoms. The second-order valence-corrected chi connectivity index (χ2v) is 6.77. The van der Waals surface area contributed by atoms with Gasteiger partial charge in [-0.2, -0.15) is 0 Å². The molecule has 1 heterocycles. The van der Waals surface area contributed by atoms with Gasteiger partial charge in [-0.05, 0) is 34.8 Å². The van der Waals surface area contributed by atoms with Gasteiger partial charge in [-0.15, -0.1) is 11.3 Å². The Bertz CT molecular complexity index is 407. The number of carbonyl (C=O) groups excluding carboxylic acids is 1. The first kappa shape index (κ1) is 13.1. The number of halogens is 1. The van der Waals surface area contributed by atoms with Crippen LogP contribution in [0.5, 0.6) is 0 Å². The normalized spacial score (nSPS) is 24.6. The molecule has 1 fully saturated rings. The highest BCUT2D eigenvalue weighted by Crippen LogP contribution is 2.26. The lowest BCUT2D eigenvalue weighted by molar-refractivity contribution is 0.0268. The zero-order valence-corrected chi connectivity index (χ0v) is 12.1. The second-order valence-electron chi connectivity index (χ2n) is 4.47. The summed E-state index contributed by atoms with van der Waals surface area (Å²) in [6.45, 7) is 0. The van der Waals surface area contributed by atoms with Crippen molar-refractivity contribution in [3.05, 3.63) is 20.8 Å². The van der Waals surface area contributed by atoms with Gasteiger partial charge in [0.2, 0.25) is 0 Å². The van der Waals surface area contributed by atoms with Gasteiger partial charge in [0.1, 0.15) is 0 Å². The Morgan fingerprint density at radius 3 is 2.82 bits per heavy atom. The van der Waals surface area contributed by atoms with Gasteiger partial charge in [0.05, 0.1) is 21.5 Å². The van der Waals surface area contributed by atoms with Gasteiger partial charge in [-0.3, -0.25) is 4.79 Å². The Hall–Kier alpha value is -0.390. The van der Waals surface area contributed by atoms with Gasteiger partial charge in [0.25, 0.3) is 5.91 Å². The molecule has 0 aliphatic heterocycles. The molecule has 1 amide bonds. The molecule has 1 aliphatic rings. The predicted octanol–water partition coefficient (Wildman–Crippen LogP) is 2.89. The lowest BCUT2D eigenvalue weighted by Gasteiger charge is -2.35. The summed E-state index contributed by atoms with van der Waals surface area (Å²) < 4.78 is 0.957. The van der Waals surface area contributed by atoms with Crippen LogP contribution in [0.2, 0.25) is 0 Å². The van der Waals surface area contributed by atoms with E-state index >= 15 is 0 Å². The fourth-order valence-electron chi connectivity index (χ4n) is 2.32. The molecular weight excluding hydrogens is 302 g/mol. The molecule has 0 saturated heterocycles. The van der Waals surface area contributed by atoms with Gasteiger partial charge in [0, 0.05) is 12.4 Å². The van der Waals surface area contributed by atoms with Crippen LogP contribution >= 0.6 is 27.3 Å². The summed E-state index contributed by atoms with van der Waals surface area (Å²) in [7, 11) is 1.78. The van der Waals surface area contributed by atoms with Crippen molar-refractivity contribution in [1.29, 1.82) is 0 Å². The van der Waals surface area contributed by atoms with E-state index in [1.807, 2.05) is 11.4 Å². The van der Waals surface area contributed by atoms with Crippen LogP contribution in [-0.4, -0.2) is 35.1 Å². The minimum atomic E-state index is -0.375. The number of likely N-dealkylation sites (N-methyl/N-ethyl adjacent to an activating group) is 1. The highest BCUT2D eigenvalue weighted by Gasteiger charge is 2.29. The smallest absolute Gasteiger partial charge is 0.254 e. The Kier molecular flexibility index (Phi) is 4.22. The van der Waals surface area contributed by atoms with Crippen LogP contribution < -0.4 is 0 Å². The lowest BCUT2D eigenvalue weighted by atomic mass is 9.91. The third kappa shape index (κ3) is 2.89. The Morgan fingerprint density at radius 2 is 2.24 bits per heavy atom. The maximum absolute atomic E-state index is 12.2. The van der Waals surface area contributed by atoms with E-state index in [4.69, 9.17) is 0 Å². The first-order valence-electron chi connectivity index (χ1n) is 5.79. The molecule has 1 saturated carbocycles. The molecule has 1 aliphatic carbocycles. The standard InChI is InChI=1S/C12H16BrNO2S/c1-14(9-4-2-3-5-10(9)15)12(16)8-6-11(13)17-7-8/h6-7,9-10,15H,2-5H2,1H3. The summed E-state index contributed by atoms with van der Waals surface area (Å²) in [5.74, 6) is -0.00194. The molecule has 2 atom stereocenters. The SMILES string of the molecule is CN(C(=O)c1csc(Br)c1)C1CCCCC1O. The molecule has 3 nitrogen and oxygen atoms in total. The zero-order chi connectivity index (χ0) is 12.4. The highest BCUT2D eigenvalue weighted by molar-refractivity contribution is 9.11. The maximum Gasteiger partial charge on any atom is 0.254 e. The van der Waals surface area contributed by atoms with Crippen molar-refractivity contribution < 1.29 is 9.90 Å². The van der Waals surface area contributed by atoms with Gasteiger partial charge in [-0.25, -0.2) is 0 Å². The van der Waals surface area contributed by atoms with Crippen molar-refractivity contribution in [2.75, 3.05) is 7.05 Å². The minimum absolute atomic E-state index is 0.00194. The van der Waals surface area contributed by atoms with Crippen molar-refractivity contribution in [2.45, 2.75) is 37.8 Å². The summed E-state index contributed by atoms with van der Waals surface area (Å²) in [5, 5.41) is 11.8. The number of carbonyl (C=O) groups is 1. The number of amides is 1. The second kappa shape index (κ2) is 5.50. The molecule has 1 N–H and O–H groups in total. The number of aliphatic hydroxyl groups is 1.